The van der Waals surface area contributed by atoms with Crippen LogP contribution in [0.25, 0.3) is 0 Å². The number of piperidine rings is 1. The van der Waals surface area contributed by atoms with E-state index in [0.29, 0.717) is 35.9 Å². The first-order valence-corrected chi connectivity index (χ1v) is 15.7. The van der Waals surface area contributed by atoms with Gasteiger partial charge in [-0.15, -0.1) is 0 Å². The molecule has 2 aliphatic heterocycles. The summed E-state index contributed by atoms with van der Waals surface area (Å²) in [5.74, 6) is 1.58. The fraction of sp³-hybridized carbons (Fsp3) is 0.559. The maximum Gasteiger partial charge on any atom is 0.228 e. The molecule has 2 N–H and O–H groups in total. The number of ether oxygens (including phenoxy) is 2. The molecule has 3 atom stereocenters. The first-order chi connectivity index (χ1) is 20.1. The van der Waals surface area contributed by atoms with E-state index in [0.717, 1.165) is 61.0 Å². The van der Waals surface area contributed by atoms with Crippen LogP contribution in [0.5, 0.6) is 11.5 Å². The molecular formula is C34H45ClN2O5. The second kappa shape index (κ2) is 13.0. The third-order valence-corrected chi connectivity index (χ3v) is 9.65. The van der Waals surface area contributed by atoms with Crippen LogP contribution in [0.1, 0.15) is 75.6 Å². The third-order valence-electron chi connectivity index (χ3n) is 9.40. The van der Waals surface area contributed by atoms with Crippen LogP contribution in [0.3, 0.4) is 0 Å². The van der Waals surface area contributed by atoms with E-state index in [1.165, 1.54) is 0 Å². The van der Waals surface area contributed by atoms with Crippen LogP contribution in [-0.4, -0.2) is 77.0 Å². The summed E-state index contributed by atoms with van der Waals surface area (Å²) >= 11 is 6.27. The van der Waals surface area contributed by atoms with E-state index in [1.807, 2.05) is 57.2 Å². The van der Waals surface area contributed by atoms with Gasteiger partial charge in [-0.1, -0.05) is 29.8 Å². The van der Waals surface area contributed by atoms with Crippen molar-refractivity contribution < 1.29 is 24.5 Å². The highest BCUT2D eigenvalue weighted by Gasteiger charge is 2.42. The standard InChI is InChI=1S/C34H45ClN2O5/c1-22(2)42-31-21-29-24(19-30(31)41-4)20-32(39)37(33(29)23-5-9-27(35)10-6-23)28-11-7-25(8-12-28)34(3,40)26-13-15-36(16-14-26)17-18-38/h5-7,9-10,19,21-22,26,28,33,38,40H,8,11-18,20H2,1-4H3/t28?,33-,34+/m0/s1. The first-order valence-electron chi connectivity index (χ1n) is 15.3. The van der Waals surface area contributed by atoms with Crippen molar-refractivity contribution in [2.24, 2.45) is 5.92 Å². The monoisotopic (exact) mass is 596 g/mol. The number of fused-ring (bicyclic) bond motifs is 1. The topological polar surface area (TPSA) is 82.5 Å². The van der Waals surface area contributed by atoms with Gasteiger partial charge in [-0.25, -0.2) is 0 Å². The minimum absolute atomic E-state index is 0.00819. The van der Waals surface area contributed by atoms with E-state index in [2.05, 4.69) is 15.9 Å². The fourth-order valence-electron chi connectivity index (χ4n) is 7.13. The fourth-order valence-corrected chi connectivity index (χ4v) is 7.26. The van der Waals surface area contributed by atoms with Gasteiger partial charge in [0.2, 0.25) is 5.91 Å². The molecule has 1 amide bonds. The van der Waals surface area contributed by atoms with Gasteiger partial charge in [0.15, 0.2) is 11.5 Å². The number of β-amino-alcohol motifs (C(OH)–C–C–N with tert-alkyl or cyclic N) is 1. The number of aliphatic hydroxyl groups excluding tert-OH is 1. The molecule has 0 radical (unpaired) electrons. The molecule has 1 saturated heterocycles. The molecule has 1 unspecified atom stereocenters. The van der Waals surface area contributed by atoms with Crippen LogP contribution in [-0.2, 0) is 11.2 Å². The Kier molecular flexibility index (Phi) is 9.53. The van der Waals surface area contributed by atoms with Crippen molar-refractivity contribution in [3.8, 4) is 11.5 Å². The van der Waals surface area contributed by atoms with Crippen LogP contribution in [0, 0.1) is 5.92 Å². The summed E-state index contributed by atoms with van der Waals surface area (Å²) in [6.45, 7) is 8.61. The number of hydrogen-bond donors (Lipinski definition) is 2. The van der Waals surface area contributed by atoms with Gasteiger partial charge in [-0.2, -0.15) is 0 Å². The number of carbonyl (C=O) groups is 1. The number of halogens is 1. The Bertz CT molecular complexity index is 1280. The van der Waals surface area contributed by atoms with Gasteiger partial charge in [-0.3, -0.25) is 4.79 Å². The van der Waals surface area contributed by atoms with E-state index in [9.17, 15) is 15.0 Å². The number of carbonyl (C=O) groups excluding carboxylic acids is 1. The maximum atomic E-state index is 13.9. The number of likely N-dealkylation sites (tertiary alicyclic amines) is 1. The molecule has 42 heavy (non-hydrogen) atoms. The summed E-state index contributed by atoms with van der Waals surface area (Å²) in [4.78, 5) is 18.2. The van der Waals surface area contributed by atoms with E-state index < -0.39 is 5.60 Å². The Hall–Kier alpha value is -2.58. The number of aliphatic hydroxyl groups is 2. The summed E-state index contributed by atoms with van der Waals surface area (Å²) in [5, 5.41) is 21.6. The van der Waals surface area contributed by atoms with E-state index in [4.69, 9.17) is 21.1 Å². The molecule has 2 aromatic carbocycles. The number of rotatable bonds is 9. The second-order valence-electron chi connectivity index (χ2n) is 12.4. The summed E-state index contributed by atoms with van der Waals surface area (Å²) in [6.07, 6.45) is 6.54. The minimum Gasteiger partial charge on any atom is -0.493 e. The number of nitrogens with zero attached hydrogens (tertiary/aromatic N) is 2. The molecule has 8 heteroatoms. The first kappa shape index (κ1) is 30.9. The molecule has 7 nitrogen and oxygen atoms in total. The Morgan fingerprint density at radius 2 is 1.81 bits per heavy atom. The van der Waals surface area contributed by atoms with Crippen molar-refractivity contribution in [3.05, 3.63) is 69.8 Å². The van der Waals surface area contributed by atoms with Crippen LogP contribution in [0.2, 0.25) is 5.02 Å². The molecule has 0 saturated carbocycles. The zero-order valence-electron chi connectivity index (χ0n) is 25.3. The number of methoxy groups -OCH3 is 1. The highest BCUT2D eigenvalue weighted by atomic mass is 35.5. The molecule has 2 heterocycles. The van der Waals surface area contributed by atoms with Crippen molar-refractivity contribution >= 4 is 17.5 Å². The lowest BCUT2D eigenvalue weighted by atomic mass is 9.73. The zero-order chi connectivity index (χ0) is 30.0. The van der Waals surface area contributed by atoms with Gasteiger partial charge in [0, 0.05) is 17.6 Å². The summed E-state index contributed by atoms with van der Waals surface area (Å²) in [5.41, 5.74) is 3.22. The smallest absolute Gasteiger partial charge is 0.228 e. The highest BCUT2D eigenvalue weighted by molar-refractivity contribution is 6.30. The van der Waals surface area contributed by atoms with Crippen molar-refractivity contribution in [3.63, 3.8) is 0 Å². The van der Waals surface area contributed by atoms with E-state index in [-0.39, 0.29) is 36.6 Å². The quantitative estimate of drug-likeness (QED) is 0.370. The van der Waals surface area contributed by atoms with Crippen LogP contribution >= 0.6 is 11.6 Å². The summed E-state index contributed by atoms with van der Waals surface area (Å²) in [7, 11) is 1.63. The minimum atomic E-state index is -0.871. The van der Waals surface area contributed by atoms with Gasteiger partial charge >= 0.3 is 0 Å². The molecule has 2 aromatic rings. The van der Waals surface area contributed by atoms with Gasteiger partial charge in [0.1, 0.15) is 0 Å². The predicted octanol–water partition coefficient (Wildman–Crippen LogP) is 5.54. The molecule has 0 bridgehead atoms. The predicted molar refractivity (Wildman–Crippen MR) is 165 cm³/mol. The number of benzene rings is 2. The van der Waals surface area contributed by atoms with Crippen molar-refractivity contribution in [2.45, 2.75) is 83.1 Å². The second-order valence-corrected chi connectivity index (χ2v) is 12.9. The summed E-state index contributed by atoms with van der Waals surface area (Å²) in [6, 6.07) is 11.5. The lowest BCUT2D eigenvalue weighted by Crippen LogP contribution is -2.49. The third kappa shape index (κ3) is 6.35. The molecule has 0 spiro atoms. The SMILES string of the molecule is COc1cc2c(cc1OC(C)C)[C@H](c1ccc(Cl)cc1)N(C1CC=C([C@@](C)(O)C3CCN(CCO)CC3)CC1)C(=O)C2. The molecule has 5 rings (SSSR count). The van der Waals surface area contributed by atoms with Crippen LogP contribution in [0.4, 0.5) is 0 Å². The Balaban J connectivity index is 1.44. The number of amides is 1. The Labute approximate surface area is 255 Å². The van der Waals surface area contributed by atoms with Gasteiger partial charge < -0.3 is 29.5 Å². The van der Waals surface area contributed by atoms with Crippen molar-refractivity contribution in [2.75, 3.05) is 33.4 Å². The van der Waals surface area contributed by atoms with E-state index in [1.54, 1.807) is 7.11 Å². The maximum absolute atomic E-state index is 13.9. The summed E-state index contributed by atoms with van der Waals surface area (Å²) < 4.78 is 11.8. The zero-order valence-corrected chi connectivity index (χ0v) is 26.1. The average Bonchev–Trinajstić information content (AvgIpc) is 2.97. The molecule has 3 aliphatic rings. The molecule has 1 aliphatic carbocycles. The van der Waals surface area contributed by atoms with Gasteiger partial charge in [0.25, 0.3) is 0 Å². The molecule has 228 valence electrons. The number of hydrogen-bond acceptors (Lipinski definition) is 6. The lowest BCUT2D eigenvalue weighted by molar-refractivity contribution is -0.136. The van der Waals surface area contributed by atoms with Crippen molar-refractivity contribution in [1.29, 1.82) is 0 Å². The molecular weight excluding hydrogens is 552 g/mol. The Morgan fingerprint density at radius 1 is 1.10 bits per heavy atom. The average molecular weight is 597 g/mol. The van der Waals surface area contributed by atoms with E-state index >= 15 is 0 Å². The molecule has 1 fully saturated rings. The van der Waals surface area contributed by atoms with Gasteiger partial charge in [-0.05, 0) is 118 Å². The highest BCUT2D eigenvalue weighted by Crippen LogP contribution is 2.45. The molecule has 0 aromatic heterocycles. The normalized spacial score (nSPS) is 23.4. The van der Waals surface area contributed by atoms with Gasteiger partial charge in [0.05, 0.1) is 37.9 Å². The lowest BCUT2D eigenvalue weighted by Gasteiger charge is -2.46. The van der Waals surface area contributed by atoms with Crippen LogP contribution < -0.4 is 9.47 Å². The van der Waals surface area contributed by atoms with Crippen LogP contribution in [0.15, 0.2) is 48.0 Å². The Morgan fingerprint density at radius 3 is 2.40 bits per heavy atom. The van der Waals surface area contributed by atoms with Crippen molar-refractivity contribution in [1.82, 2.24) is 9.80 Å². The largest absolute Gasteiger partial charge is 0.493 e.